The highest BCUT2D eigenvalue weighted by Crippen LogP contribution is 2.33. The average molecular weight is 688 g/mol. The highest BCUT2D eigenvalue weighted by molar-refractivity contribution is 6.40. The summed E-state index contributed by atoms with van der Waals surface area (Å²) >= 11 is 33.6. The minimum absolute atomic E-state index is 0. The zero-order chi connectivity index (χ0) is 30.7. The second-order valence-electron chi connectivity index (χ2n) is 6.59. The van der Waals surface area contributed by atoms with Crippen molar-refractivity contribution >= 4 is 99.2 Å². The van der Waals surface area contributed by atoms with Crippen molar-refractivity contribution in [2.24, 2.45) is 5.16 Å². The standard InChI is InChI=1S/C7H4Cl2N2O3.C7H2Cl2N2O2.C7H3Cl2NO3.CH4/c8-5-1-2-6(11(13)14)7(9)4(5)3-10-12;8-5-1-2-6(11(12)13)7(9)4(5)3-10;8-5-1-2-6(10(12)13)7(9)4(5)3-11;/h1-3,12H;1-2H;1-3H;1H4. The van der Waals surface area contributed by atoms with E-state index >= 15 is 0 Å². The van der Waals surface area contributed by atoms with Gasteiger partial charge in [-0.25, -0.2) is 0 Å². The molecule has 0 aliphatic rings. The molecule has 0 saturated carbocycles. The quantitative estimate of drug-likeness (QED) is 0.0893. The Morgan fingerprint density at radius 2 is 1.07 bits per heavy atom. The van der Waals surface area contributed by atoms with E-state index in [0.29, 0.717) is 6.29 Å². The molecule has 0 atom stereocenters. The highest BCUT2D eigenvalue weighted by atomic mass is 35.5. The van der Waals surface area contributed by atoms with Crippen molar-refractivity contribution in [2.45, 2.75) is 7.43 Å². The molecule has 0 amide bonds. The number of carbonyl (C=O) groups excluding carboxylic acids is 1. The third-order valence-corrected chi connectivity index (χ3v) is 6.44. The van der Waals surface area contributed by atoms with Crippen LogP contribution in [-0.2, 0) is 0 Å². The van der Waals surface area contributed by atoms with Crippen LogP contribution >= 0.6 is 69.6 Å². The number of hydrogen-bond acceptors (Lipinski definition) is 10. The smallest absolute Gasteiger partial charge is 0.289 e. The number of nitriles is 1. The molecule has 0 aromatic heterocycles. The van der Waals surface area contributed by atoms with Gasteiger partial charge in [-0.15, -0.1) is 0 Å². The summed E-state index contributed by atoms with van der Waals surface area (Å²) in [6.07, 6.45) is 1.33. The van der Waals surface area contributed by atoms with Crippen molar-refractivity contribution in [3.63, 3.8) is 0 Å². The molecule has 19 heteroatoms. The molecule has 0 bridgehead atoms. The van der Waals surface area contributed by atoms with Gasteiger partial charge in [-0.2, -0.15) is 5.26 Å². The molecule has 0 unspecified atom stereocenters. The number of oxime groups is 1. The zero-order valence-electron chi connectivity index (χ0n) is 18.9. The SMILES string of the molecule is C.N#Cc1c(Cl)ccc([N+](=O)[O-])c1Cl.O=Cc1c(Cl)ccc([N+](=O)[O-])c1Cl.O=[N+]([O-])c1ccc(Cl)c(C=NO)c1Cl. The summed E-state index contributed by atoms with van der Waals surface area (Å²) in [7, 11) is 0. The van der Waals surface area contributed by atoms with Gasteiger partial charge in [0.25, 0.3) is 17.1 Å². The second-order valence-corrected chi connectivity index (χ2v) is 8.94. The molecule has 13 nitrogen and oxygen atoms in total. The van der Waals surface area contributed by atoms with Crippen molar-refractivity contribution in [3.05, 3.63) is 114 Å². The molecule has 1 N–H and O–H groups in total. The third-order valence-electron chi connectivity index (χ3n) is 4.29. The maximum absolute atomic E-state index is 10.5. The van der Waals surface area contributed by atoms with Crippen molar-refractivity contribution < 1.29 is 24.8 Å². The minimum Gasteiger partial charge on any atom is -0.411 e. The lowest BCUT2D eigenvalue weighted by Crippen LogP contribution is -1.93. The monoisotopic (exact) mass is 685 g/mol. The van der Waals surface area contributed by atoms with E-state index in [1.807, 2.05) is 0 Å². The Labute approximate surface area is 260 Å². The van der Waals surface area contributed by atoms with Crippen LogP contribution in [0.5, 0.6) is 0 Å². The first-order valence-corrected chi connectivity index (χ1v) is 11.9. The Morgan fingerprint density at radius 1 is 0.707 bits per heavy atom. The van der Waals surface area contributed by atoms with Crippen LogP contribution in [0.15, 0.2) is 41.6 Å². The summed E-state index contributed by atoms with van der Waals surface area (Å²) in [5.74, 6) is 0. The number of carbonyl (C=O) groups is 1. The van der Waals surface area contributed by atoms with Crippen molar-refractivity contribution in [1.29, 1.82) is 5.26 Å². The van der Waals surface area contributed by atoms with Gasteiger partial charge in [0.15, 0.2) is 6.29 Å². The van der Waals surface area contributed by atoms with Gasteiger partial charge in [-0.05, 0) is 18.2 Å². The Hall–Kier alpha value is -3.77. The predicted molar refractivity (Wildman–Crippen MR) is 156 cm³/mol. The van der Waals surface area contributed by atoms with Gasteiger partial charge in [0, 0.05) is 23.8 Å². The summed E-state index contributed by atoms with van der Waals surface area (Å²) in [5, 5.41) is 50.5. The van der Waals surface area contributed by atoms with E-state index in [0.717, 1.165) is 18.3 Å². The highest BCUT2D eigenvalue weighted by Gasteiger charge is 2.19. The lowest BCUT2D eigenvalue weighted by atomic mass is 10.2. The molecule has 0 fully saturated rings. The van der Waals surface area contributed by atoms with Crippen LogP contribution in [0, 0.1) is 41.7 Å². The number of halogens is 6. The average Bonchev–Trinajstić information content (AvgIpc) is 2.87. The number of benzene rings is 3. The Kier molecular flexibility index (Phi) is 15.6. The lowest BCUT2D eigenvalue weighted by molar-refractivity contribution is -0.384. The molecule has 216 valence electrons. The Balaban J connectivity index is 0.000000579. The predicted octanol–water partition coefficient (Wildman–Crippen LogP) is 8.83. The number of nitro groups is 3. The molecule has 0 aliphatic carbocycles. The van der Waals surface area contributed by atoms with Crippen LogP contribution in [0.25, 0.3) is 0 Å². The number of nitro benzene ring substituents is 3. The number of nitrogens with zero attached hydrogens (tertiary/aromatic N) is 5. The van der Waals surface area contributed by atoms with Crippen LogP contribution in [-0.4, -0.2) is 32.5 Å². The lowest BCUT2D eigenvalue weighted by Gasteiger charge is -2.00. The number of rotatable bonds is 5. The first-order valence-electron chi connectivity index (χ1n) is 9.63. The fourth-order valence-electron chi connectivity index (χ4n) is 2.47. The molecule has 0 saturated heterocycles. The van der Waals surface area contributed by atoms with Gasteiger partial charge in [-0.3, -0.25) is 35.1 Å². The number of hydrogen-bond donors (Lipinski definition) is 1. The molecular formula is C22H13Cl6N5O8. The summed E-state index contributed by atoms with van der Waals surface area (Å²) in [5.41, 5.74) is -0.943. The molecule has 3 aromatic rings. The minimum atomic E-state index is -0.675. The van der Waals surface area contributed by atoms with Gasteiger partial charge in [0.2, 0.25) is 0 Å². The molecule has 3 rings (SSSR count). The first kappa shape index (κ1) is 37.2. The van der Waals surface area contributed by atoms with Crippen molar-refractivity contribution in [3.8, 4) is 6.07 Å². The molecule has 0 radical (unpaired) electrons. The summed E-state index contributed by atoms with van der Waals surface area (Å²) in [4.78, 5) is 39.6. The van der Waals surface area contributed by atoms with E-state index in [4.69, 9.17) is 80.1 Å². The van der Waals surface area contributed by atoms with Crippen molar-refractivity contribution in [2.75, 3.05) is 0 Å². The summed E-state index contributed by atoms with van der Waals surface area (Å²) < 4.78 is 0. The largest absolute Gasteiger partial charge is 0.411 e. The molecule has 0 heterocycles. The van der Waals surface area contributed by atoms with Crippen LogP contribution in [0.1, 0.15) is 28.9 Å². The van der Waals surface area contributed by atoms with Gasteiger partial charge in [-0.1, -0.05) is 82.2 Å². The van der Waals surface area contributed by atoms with Crippen LogP contribution in [0.2, 0.25) is 30.1 Å². The number of aldehydes is 1. The Bertz CT molecular complexity index is 1560. The normalized spacial score (nSPS) is 9.68. The van der Waals surface area contributed by atoms with E-state index < -0.39 is 14.8 Å². The molecule has 0 spiro atoms. The Morgan fingerprint density at radius 3 is 1.44 bits per heavy atom. The first-order chi connectivity index (χ1) is 18.7. The zero-order valence-corrected chi connectivity index (χ0v) is 23.5. The van der Waals surface area contributed by atoms with E-state index in [1.54, 1.807) is 6.07 Å². The fraction of sp³-hybridized carbons (Fsp3) is 0.0455. The van der Waals surface area contributed by atoms with Crippen molar-refractivity contribution in [1.82, 2.24) is 0 Å². The fourth-order valence-corrected chi connectivity index (χ4v) is 4.06. The van der Waals surface area contributed by atoms with Gasteiger partial charge in [0.05, 0.1) is 47.2 Å². The van der Waals surface area contributed by atoms with Crippen LogP contribution < -0.4 is 0 Å². The third kappa shape index (κ3) is 9.68. The molecule has 0 aliphatic heterocycles. The van der Waals surface area contributed by atoms with Crippen LogP contribution in [0.4, 0.5) is 17.1 Å². The summed E-state index contributed by atoms with van der Waals surface area (Å²) in [6.45, 7) is 0. The van der Waals surface area contributed by atoms with Gasteiger partial charge in [0.1, 0.15) is 21.1 Å². The van der Waals surface area contributed by atoms with E-state index in [-0.39, 0.29) is 71.3 Å². The molecular weight excluding hydrogens is 675 g/mol. The maximum Gasteiger partial charge on any atom is 0.289 e. The molecule has 3 aromatic carbocycles. The second kappa shape index (κ2) is 17.1. The van der Waals surface area contributed by atoms with E-state index in [2.05, 4.69) is 5.16 Å². The van der Waals surface area contributed by atoms with Gasteiger partial charge < -0.3 is 5.21 Å². The van der Waals surface area contributed by atoms with Crippen LogP contribution in [0.3, 0.4) is 0 Å². The maximum atomic E-state index is 10.5. The van der Waals surface area contributed by atoms with E-state index in [9.17, 15) is 35.1 Å². The topological polar surface area (TPSA) is 203 Å². The van der Waals surface area contributed by atoms with Gasteiger partial charge >= 0.3 is 0 Å². The molecule has 41 heavy (non-hydrogen) atoms. The van der Waals surface area contributed by atoms with E-state index in [1.165, 1.54) is 24.3 Å². The summed E-state index contributed by atoms with van der Waals surface area (Å²) in [6, 6.07) is 9.01.